The molecule has 0 spiro atoms. The maximum atomic E-state index is 5.58. The zero-order valence-corrected chi connectivity index (χ0v) is 15.1. The van der Waals surface area contributed by atoms with Gasteiger partial charge in [-0.3, -0.25) is 4.90 Å². The van der Waals surface area contributed by atoms with E-state index in [9.17, 15) is 0 Å². The van der Waals surface area contributed by atoms with Crippen LogP contribution in [0, 0.1) is 5.92 Å². The van der Waals surface area contributed by atoms with E-state index >= 15 is 0 Å². The van der Waals surface area contributed by atoms with Gasteiger partial charge in [0.15, 0.2) is 17.5 Å². The van der Waals surface area contributed by atoms with Crippen LogP contribution in [0.4, 0.5) is 0 Å². The number of aliphatic imine (C=N–C) groups is 1. The minimum atomic E-state index is 0.297. The minimum Gasteiger partial charge on any atom is -0.454 e. The normalized spacial score (nSPS) is 26.1. The first-order chi connectivity index (χ1) is 12.2. The summed E-state index contributed by atoms with van der Waals surface area (Å²) in [6, 6.07) is 7.27. The van der Waals surface area contributed by atoms with E-state index < -0.39 is 0 Å². The molecule has 2 unspecified atom stereocenters. The predicted octanol–water partition coefficient (Wildman–Crippen LogP) is 1.95. The number of nitrogens with one attached hydrogen (secondary N) is 2. The Labute approximate surface area is 149 Å². The van der Waals surface area contributed by atoms with Crippen molar-refractivity contribution in [2.24, 2.45) is 10.9 Å². The molecular formula is C19H28N4O2. The number of para-hydroxylation sites is 1. The number of rotatable bonds is 5. The predicted molar refractivity (Wildman–Crippen MR) is 98.1 cm³/mol. The Kier molecular flexibility index (Phi) is 4.70. The summed E-state index contributed by atoms with van der Waals surface area (Å²) in [4.78, 5) is 7.41. The average molecular weight is 344 g/mol. The lowest BCUT2D eigenvalue weighted by Crippen LogP contribution is -2.46. The summed E-state index contributed by atoms with van der Waals surface area (Å²) in [5.74, 6) is 3.17. The van der Waals surface area contributed by atoms with E-state index in [0.717, 1.165) is 42.2 Å². The zero-order valence-electron chi connectivity index (χ0n) is 15.1. The van der Waals surface area contributed by atoms with Crippen molar-refractivity contribution in [3.63, 3.8) is 0 Å². The highest BCUT2D eigenvalue weighted by Crippen LogP contribution is 2.35. The first-order valence-corrected chi connectivity index (χ1v) is 9.41. The van der Waals surface area contributed by atoms with Gasteiger partial charge in [-0.05, 0) is 31.7 Å². The molecule has 1 saturated heterocycles. The molecule has 2 N–H and O–H groups in total. The third-order valence-electron chi connectivity index (χ3n) is 5.26. The second-order valence-corrected chi connectivity index (χ2v) is 7.26. The molecule has 2 atom stereocenters. The summed E-state index contributed by atoms with van der Waals surface area (Å²) in [7, 11) is 0. The molecule has 1 aromatic carbocycles. The molecule has 2 aliphatic heterocycles. The summed E-state index contributed by atoms with van der Waals surface area (Å²) in [6.45, 7) is 8.47. The van der Waals surface area contributed by atoms with E-state index in [1.165, 1.54) is 19.4 Å². The number of guanidine groups is 1. The van der Waals surface area contributed by atoms with Crippen LogP contribution < -0.4 is 20.1 Å². The zero-order chi connectivity index (χ0) is 17.2. The maximum Gasteiger partial charge on any atom is 0.231 e. The smallest absolute Gasteiger partial charge is 0.231 e. The number of benzene rings is 1. The van der Waals surface area contributed by atoms with Gasteiger partial charge in [0.05, 0.1) is 6.54 Å². The number of nitrogens with zero attached hydrogens (tertiary/aromatic N) is 2. The van der Waals surface area contributed by atoms with Crippen molar-refractivity contribution in [1.82, 2.24) is 15.5 Å². The Hall–Kier alpha value is -1.95. The van der Waals surface area contributed by atoms with Crippen LogP contribution in [0.1, 0.15) is 32.3 Å². The lowest BCUT2D eigenvalue weighted by molar-refractivity contribution is 0.173. The van der Waals surface area contributed by atoms with E-state index in [1.54, 1.807) is 0 Å². The van der Waals surface area contributed by atoms with Gasteiger partial charge >= 0.3 is 0 Å². The van der Waals surface area contributed by atoms with Gasteiger partial charge in [-0.1, -0.05) is 19.1 Å². The topological polar surface area (TPSA) is 58.1 Å². The van der Waals surface area contributed by atoms with Crippen LogP contribution in [0.2, 0.25) is 0 Å². The van der Waals surface area contributed by atoms with Crippen molar-refractivity contribution in [3.05, 3.63) is 23.8 Å². The second-order valence-electron chi connectivity index (χ2n) is 7.26. The lowest BCUT2D eigenvalue weighted by atomic mass is 10.1. The summed E-state index contributed by atoms with van der Waals surface area (Å²) in [5, 5.41) is 7.02. The highest BCUT2D eigenvalue weighted by atomic mass is 16.7. The molecule has 0 aromatic heterocycles. The highest BCUT2D eigenvalue weighted by Gasteiger charge is 2.38. The van der Waals surface area contributed by atoms with Crippen molar-refractivity contribution in [1.29, 1.82) is 0 Å². The summed E-state index contributed by atoms with van der Waals surface area (Å²) < 4.78 is 11.0. The second kappa shape index (κ2) is 7.12. The van der Waals surface area contributed by atoms with Crippen molar-refractivity contribution >= 4 is 5.96 Å². The van der Waals surface area contributed by atoms with Crippen molar-refractivity contribution in [2.75, 3.05) is 26.4 Å². The van der Waals surface area contributed by atoms with Crippen LogP contribution >= 0.6 is 0 Å². The van der Waals surface area contributed by atoms with Gasteiger partial charge in [-0.15, -0.1) is 0 Å². The fraction of sp³-hybridized carbons (Fsp3) is 0.632. The van der Waals surface area contributed by atoms with Gasteiger partial charge in [0, 0.05) is 37.3 Å². The van der Waals surface area contributed by atoms with E-state index in [1.807, 2.05) is 18.2 Å². The van der Waals surface area contributed by atoms with Crippen LogP contribution in [-0.2, 0) is 6.54 Å². The van der Waals surface area contributed by atoms with Gasteiger partial charge in [0.1, 0.15) is 0 Å². The van der Waals surface area contributed by atoms with E-state index in [0.29, 0.717) is 25.3 Å². The van der Waals surface area contributed by atoms with Crippen molar-refractivity contribution < 1.29 is 9.47 Å². The fourth-order valence-corrected chi connectivity index (χ4v) is 3.71. The maximum absolute atomic E-state index is 5.58. The standard InChI is InChI=1S/C19H28N4O2/c1-3-20-19(22-16-11-23(10-13(16)2)15-7-8-15)21-9-14-5-4-6-17-18(14)25-12-24-17/h4-6,13,15-16H,3,7-12H2,1-2H3,(H2,20,21,22). The molecule has 1 aliphatic carbocycles. The molecule has 2 heterocycles. The Morgan fingerprint density at radius 2 is 2.16 bits per heavy atom. The van der Waals surface area contributed by atoms with E-state index in [2.05, 4.69) is 29.4 Å². The van der Waals surface area contributed by atoms with Crippen molar-refractivity contribution in [3.8, 4) is 11.5 Å². The number of hydrogen-bond donors (Lipinski definition) is 2. The van der Waals surface area contributed by atoms with Gasteiger partial charge in [0.2, 0.25) is 6.79 Å². The molecule has 4 rings (SSSR count). The van der Waals surface area contributed by atoms with Crippen LogP contribution in [-0.4, -0.2) is 49.4 Å². The Morgan fingerprint density at radius 3 is 2.96 bits per heavy atom. The Morgan fingerprint density at radius 1 is 1.28 bits per heavy atom. The largest absolute Gasteiger partial charge is 0.454 e. The molecule has 6 heteroatoms. The third-order valence-corrected chi connectivity index (χ3v) is 5.26. The summed E-state index contributed by atoms with van der Waals surface area (Å²) in [6.07, 6.45) is 2.74. The van der Waals surface area contributed by atoms with E-state index in [4.69, 9.17) is 14.5 Å². The molecule has 0 radical (unpaired) electrons. The molecular weight excluding hydrogens is 316 g/mol. The minimum absolute atomic E-state index is 0.297. The lowest BCUT2D eigenvalue weighted by Gasteiger charge is -2.20. The summed E-state index contributed by atoms with van der Waals surface area (Å²) in [5.41, 5.74) is 1.06. The molecule has 3 aliphatic rings. The first kappa shape index (κ1) is 16.5. The monoisotopic (exact) mass is 344 g/mol. The average Bonchev–Trinajstić information content (AvgIpc) is 3.23. The Balaban J connectivity index is 1.42. The first-order valence-electron chi connectivity index (χ1n) is 9.41. The molecule has 6 nitrogen and oxygen atoms in total. The highest BCUT2D eigenvalue weighted by molar-refractivity contribution is 5.80. The molecule has 2 fully saturated rings. The molecule has 25 heavy (non-hydrogen) atoms. The van der Waals surface area contributed by atoms with Crippen LogP contribution in [0.25, 0.3) is 0 Å². The fourth-order valence-electron chi connectivity index (χ4n) is 3.71. The molecule has 136 valence electrons. The summed E-state index contributed by atoms with van der Waals surface area (Å²) >= 11 is 0. The molecule has 0 amide bonds. The van der Waals surface area contributed by atoms with Crippen LogP contribution in [0.15, 0.2) is 23.2 Å². The SMILES string of the molecule is CCNC(=NCc1cccc2c1OCO2)NC1CN(C2CC2)CC1C. The molecule has 1 saturated carbocycles. The number of fused-ring (bicyclic) bond motifs is 1. The van der Waals surface area contributed by atoms with Crippen LogP contribution in [0.5, 0.6) is 11.5 Å². The molecule has 1 aromatic rings. The third kappa shape index (κ3) is 3.68. The van der Waals surface area contributed by atoms with E-state index in [-0.39, 0.29) is 0 Å². The molecule has 0 bridgehead atoms. The van der Waals surface area contributed by atoms with Gasteiger partial charge in [0.25, 0.3) is 0 Å². The van der Waals surface area contributed by atoms with Gasteiger partial charge in [-0.25, -0.2) is 4.99 Å². The van der Waals surface area contributed by atoms with Crippen LogP contribution in [0.3, 0.4) is 0 Å². The number of likely N-dealkylation sites (tertiary alicyclic amines) is 1. The van der Waals surface area contributed by atoms with Gasteiger partial charge in [-0.2, -0.15) is 0 Å². The van der Waals surface area contributed by atoms with Crippen molar-refractivity contribution in [2.45, 2.75) is 45.3 Å². The Bertz CT molecular complexity index is 644. The quantitative estimate of drug-likeness (QED) is 0.632. The van der Waals surface area contributed by atoms with Gasteiger partial charge < -0.3 is 20.1 Å². The number of hydrogen-bond acceptors (Lipinski definition) is 4. The number of ether oxygens (including phenoxy) is 2.